The average Bonchev–Trinajstić information content (AvgIpc) is 2.75. The van der Waals surface area contributed by atoms with Crippen LogP contribution in [0.1, 0.15) is 12.5 Å². The van der Waals surface area contributed by atoms with Crippen molar-refractivity contribution in [3.8, 4) is 0 Å². The van der Waals surface area contributed by atoms with Gasteiger partial charge in [-0.25, -0.2) is 0 Å². The van der Waals surface area contributed by atoms with Crippen molar-refractivity contribution in [3.05, 3.63) is 48.7 Å². The molecule has 1 aromatic heterocycles. The monoisotopic (exact) mass is 257 g/mol. The maximum atomic E-state index is 11.9. The highest BCUT2D eigenvalue weighted by molar-refractivity contribution is 5.94. The number of rotatable bonds is 4. The fourth-order valence-electron chi connectivity index (χ4n) is 2.46. The van der Waals surface area contributed by atoms with Crippen LogP contribution in [0.4, 0.5) is 0 Å². The van der Waals surface area contributed by atoms with E-state index >= 15 is 0 Å². The molecule has 0 bridgehead atoms. The highest BCUT2D eigenvalue weighted by atomic mass is 16.1. The third-order valence-electron chi connectivity index (χ3n) is 3.82. The summed E-state index contributed by atoms with van der Waals surface area (Å²) in [7, 11) is 1.92. The highest BCUT2D eigenvalue weighted by Crippen LogP contribution is 2.34. The molecule has 2 aromatic rings. The van der Waals surface area contributed by atoms with Crippen molar-refractivity contribution in [2.45, 2.75) is 12.5 Å². The molecule has 1 heterocycles. The molecule has 4 N–H and O–H groups in total. The minimum atomic E-state index is -1.25. The Labute approximate surface area is 112 Å². The number of amides is 1. The molecule has 2 rings (SSSR count). The van der Waals surface area contributed by atoms with Gasteiger partial charge in [-0.2, -0.15) is 0 Å². The van der Waals surface area contributed by atoms with Gasteiger partial charge in [-0.3, -0.25) is 4.79 Å². The van der Waals surface area contributed by atoms with Crippen LogP contribution < -0.4 is 11.5 Å². The van der Waals surface area contributed by atoms with Crippen molar-refractivity contribution in [2.24, 2.45) is 24.4 Å². The molecule has 4 heteroatoms. The van der Waals surface area contributed by atoms with E-state index < -0.39 is 11.4 Å². The van der Waals surface area contributed by atoms with Crippen molar-refractivity contribution < 1.29 is 4.79 Å². The van der Waals surface area contributed by atoms with Crippen LogP contribution >= 0.6 is 0 Å². The Morgan fingerprint density at radius 3 is 2.68 bits per heavy atom. The molecule has 0 fully saturated rings. The number of carbonyl (C=O) groups excluding carboxylic acids is 1. The van der Waals surface area contributed by atoms with Gasteiger partial charge >= 0.3 is 0 Å². The zero-order chi connectivity index (χ0) is 14.2. The molecule has 0 aliphatic carbocycles. The van der Waals surface area contributed by atoms with E-state index in [9.17, 15) is 4.79 Å². The zero-order valence-electron chi connectivity index (χ0n) is 11.3. The van der Waals surface area contributed by atoms with Gasteiger partial charge in [-0.15, -0.1) is 6.58 Å². The number of para-hydroxylation sites is 1. The smallest absolute Gasteiger partial charge is 0.242 e. The van der Waals surface area contributed by atoms with Crippen molar-refractivity contribution in [3.63, 3.8) is 0 Å². The number of aryl methyl sites for hydroxylation is 1. The van der Waals surface area contributed by atoms with E-state index in [4.69, 9.17) is 11.5 Å². The van der Waals surface area contributed by atoms with E-state index in [0.29, 0.717) is 0 Å². The number of fused-ring (bicyclic) bond motifs is 1. The number of aromatic nitrogens is 1. The zero-order valence-corrected chi connectivity index (χ0v) is 11.3. The fourth-order valence-corrected chi connectivity index (χ4v) is 2.46. The van der Waals surface area contributed by atoms with Crippen LogP contribution in [-0.2, 0) is 17.4 Å². The van der Waals surface area contributed by atoms with E-state index in [1.807, 2.05) is 49.0 Å². The van der Waals surface area contributed by atoms with Gasteiger partial charge in [0, 0.05) is 35.6 Å². The van der Waals surface area contributed by atoms with E-state index in [1.165, 1.54) is 0 Å². The first kappa shape index (κ1) is 13.4. The van der Waals surface area contributed by atoms with E-state index in [1.54, 1.807) is 6.08 Å². The van der Waals surface area contributed by atoms with E-state index in [2.05, 4.69) is 6.58 Å². The SMILES string of the molecule is C=C[C@H](C)[C@@](N)(C(N)=O)c1cn(C)c2ccccc12. The summed E-state index contributed by atoms with van der Waals surface area (Å²) in [5.74, 6) is -0.799. The van der Waals surface area contributed by atoms with Crippen LogP contribution in [-0.4, -0.2) is 10.5 Å². The Bertz CT molecular complexity index is 644. The van der Waals surface area contributed by atoms with Crippen LogP contribution in [0.25, 0.3) is 10.9 Å². The first-order valence-electron chi connectivity index (χ1n) is 6.18. The van der Waals surface area contributed by atoms with Gasteiger partial charge in [-0.05, 0) is 6.07 Å². The summed E-state index contributed by atoms with van der Waals surface area (Å²) in [5, 5.41) is 0.944. The summed E-state index contributed by atoms with van der Waals surface area (Å²) in [4.78, 5) is 11.9. The quantitative estimate of drug-likeness (QED) is 0.817. The second-order valence-electron chi connectivity index (χ2n) is 4.93. The molecule has 0 saturated heterocycles. The molecular weight excluding hydrogens is 238 g/mol. The average molecular weight is 257 g/mol. The van der Waals surface area contributed by atoms with Crippen molar-refractivity contribution in [1.29, 1.82) is 0 Å². The number of nitrogens with two attached hydrogens (primary N) is 2. The topological polar surface area (TPSA) is 74.0 Å². The standard InChI is InChI=1S/C15H19N3O/c1-4-10(2)15(17,14(16)19)12-9-18(3)13-8-6-5-7-11(12)13/h4-10H,1,17H2,2-3H3,(H2,16,19)/t10-,15-/m0/s1. The summed E-state index contributed by atoms with van der Waals surface area (Å²) < 4.78 is 1.95. The summed E-state index contributed by atoms with van der Waals surface area (Å²) >= 11 is 0. The Morgan fingerprint density at radius 1 is 1.47 bits per heavy atom. The summed E-state index contributed by atoms with van der Waals surface area (Å²) in [6, 6.07) is 7.81. The van der Waals surface area contributed by atoms with Crippen LogP contribution in [0, 0.1) is 5.92 Å². The molecule has 19 heavy (non-hydrogen) atoms. The van der Waals surface area contributed by atoms with Crippen LogP contribution in [0.2, 0.25) is 0 Å². The number of carbonyl (C=O) groups is 1. The van der Waals surface area contributed by atoms with Crippen molar-refractivity contribution in [2.75, 3.05) is 0 Å². The Balaban J connectivity index is 2.77. The molecule has 0 saturated carbocycles. The van der Waals surface area contributed by atoms with Gasteiger partial charge in [0.1, 0.15) is 5.54 Å². The maximum Gasteiger partial charge on any atom is 0.242 e. The second kappa shape index (κ2) is 4.55. The molecule has 0 aliphatic heterocycles. The molecule has 0 aliphatic rings. The predicted octanol–water partition coefficient (Wildman–Crippen LogP) is 1.64. The van der Waals surface area contributed by atoms with Gasteiger partial charge in [0.2, 0.25) is 5.91 Å². The number of primary amides is 1. The predicted molar refractivity (Wildman–Crippen MR) is 77.3 cm³/mol. The number of hydrogen-bond acceptors (Lipinski definition) is 2. The minimum Gasteiger partial charge on any atom is -0.368 e. The normalized spacial score (nSPS) is 15.9. The van der Waals surface area contributed by atoms with Crippen LogP contribution in [0.5, 0.6) is 0 Å². The second-order valence-corrected chi connectivity index (χ2v) is 4.93. The fraction of sp³-hybridized carbons (Fsp3) is 0.267. The highest BCUT2D eigenvalue weighted by Gasteiger charge is 2.40. The van der Waals surface area contributed by atoms with Crippen molar-refractivity contribution in [1.82, 2.24) is 4.57 Å². The number of benzene rings is 1. The lowest BCUT2D eigenvalue weighted by molar-refractivity contribution is -0.124. The molecule has 1 aromatic carbocycles. The van der Waals surface area contributed by atoms with Gasteiger partial charge < -0.3 is 16.0 Å². The molecule has 0 unspecified atom stereocenters. The van der Waals surface area contributed by atoms with Crippen LogP contribution in [0.15, 0.2) is 43.1 Å². The molecule has 4 nitrogen and oxygen atoms in total. The molecule has 100 valence electrons. The number of hydrogen-bond donors (Lipinski definition) is 2. The largest absolute Gasteiger partial charge is 0.368 e. The minimum absolute atomic E-state index is 0.254. The third-order valence-corrected chi connectivity index (χ3v) is 3.82. The van der Waals surface area contributed by atoms with Crippen molar-refractivity contribution >= 4 is 16.8 Å². The summed E-state index contributed by atoms with van der Waals surface area (Å²) in [5.41, 5.74) is 12.4. The summed E-state index contributed by atoms with van der Waals surface area (Å²) in [6.07, 6.45) is 3.53. The molecule has 0 radical (unpaired) electrons. The Hall–Kier alpha value is -2.07. The first-order chi connectivity index (χ1) is 8.92. The molecule has 2 atom stereocenters. The lowest BCUT2D eigenvalue weighted by atomic mass is 9.79. The van der Waals surface area contributed by atoms with E-state index in [0.717, 1.165) is 16.5 Å². The number of nitrogens with zero attached hydrogens (tertiary/aromatic N) is 1. The third kappa shape index (κ3) is 1.85. The molecule has 0 spiro atoms. The molecule has 1 amide bonds. The Kier molecular flexibility index (Phi) is 3.20. The summed E-state index contributed by atoms with van der Waals surface area (Å²) in [6.45, 7) is 5.57. The Morgan fingerprint density at radius 2 is 2.11 bits per heavy atom. The van der Waals surface area contributed by atoms with Crippen LogP contribution in [0.3, 0.4) is 0 Å². The molecular formula is C15H19N3O. The van der Waals surface area contributed by atoms with Gasteiger partial charge in [0.05, 0.1) is 0 Å². The lowest BCUT2D eigenvalue weighted by Gasteiger charge is -2.30. The first-order valence-corrected chi connectivity index (χ1v) is 6.18. The van der Waals surface area contributed by atoms with Gasteiger partial charge in [0.25, 0.3) is 0 Å². The van der Waals surface area contributed by atoms with E-state index in [-0.39, 0.29) is 5.92 Å². The van der Waals surface area contributed by atoms with Gasteiger partial charge in [0.15, 0.2) is 0 Å². The van der Waals surface area contributed by atoms with Gasteiger partial charge in [-0.1, -0.05) is 31.2 Å². The maximum absolute atomic E-state index is 11.9. The lowest BCUT2D eigenvalue weighted by Crippen LogP contribution is -2.53.